The van der Waals surface area contributed by atoms with Crippen LogP contribution in [0.5, 0.6) is 0 Å². The Hall–Kier alpha value is -2.16. The predicted molar refractivity (Wildman–Crippen MR) is 77.4 cm³/mol. The SMILES string of the molecule is C#CCOCc1ccc(-c2nc(CC(=O)O)cs2)cc1. The van der Waals surface area contributed by atoms with Crippen molar-refractivity contribution in [1.82, 2.24) is 4.98 Å². The van der Waals surface area contributed by atoms with E-state index in [1.807, 2.05) is 24.3 Å². The third kappa shape index (κ3) is 3.92. The molecule has 4 nitrogen and oxygen atoms in total. The average molecular weight is 287 g/mol. The highest BCUT2D eigenvalue weighted by atomic mass is 32.1. The first-order valence-corrected chi connectivity index (χ1v) is 6.83. The zero-order chi connectivity index (χ0) is 14.4. The van der Waals surface area contributed by atoms with Crippen LogP contribution >= 0.6 is 11.3 Å². The third-order valence-corrected chi connectivity index (χ3v) is 3.48. The molecule has 2 aromatic rings. The molecule has 1 N–H and O–H groups in total. The Morgan fingerprint density at radius 2 is 2.15 bits per heavy atom. The number of aromatic nitrogens is 1. The lowest BCUT2D eigenvalue weighted by molar-refractivity contribution is -0.136. The van der Waals surface area contributed by atoms with E-state index >= 15 is 0 Å². The number of carbonyl (C=O) groups is 1. The minimum atomic E-state index is -0.872. The summed E-state index contributed by atoms with van der Waals surface area (Å²) >= 11 is 1.44. The van der Waals surface area contributed by atoms with E-state index in [0.29, 0.717) is 18.9 Å². The molecule has 0 fully saturated rings. The second-order valence-corrected chi connectivity index (χ2v) is 4.97. The number of rotatable bonds is 6. The predicted octanol–water partition coefficient (Wildman–Crippen LogP) is 2.59. The zero-order valence-corrected chi connectivity index (χ0v) is 11.5. The van der Waals surface area contributed by atoms with Gasteiger partial charge < -0.3 is 9.84 Å². The van der Waals surface area contributed by atoms with Crippen LogP contribution in [0.2, 0.25) is 0 Å². The number of benzene rings is 1. The fourth-order valence-electron chi connectivity index (χ4n) is 1.65. The van der Waals surface area contributed by atoms with E-state index in [1.54, 1.807) is 5.38 Å². The Morgan fingerprint density at radius 1 is 1.40 bits per heavy atom. The quantitative estimate of drug-likeness (QED) is 0.655. The van der Waals surface area contributed by atoms with E-state index < -0.39 is 5.97 Å². The minimum Gasteiger partial charge on any atom is -0.481 e. The molecule has 0 radical (unpaired) electrons. The summed E-state index contributed by atoms with van der Waals surface area (Å²) in [7, 11) is 0. The van der Waals surface area contributed by atoms with Crippen molar-refractivity contribution in [2.75, 3.05) is 6.61 Å². The molecule has 1 heterocycles. The summed E-state index contributed by atoms with van der Waals surface area (Å²) in [4.78, 5) is 14.9. The van der Waals surface area contributed by atoms with Gasteiger partial charge in [-0.25, -0.2) is 4.98 Å². The number of carboxylic acid groups (broad SMARTS) is 1. The van der Waals surface area contributed by atoms with Crippen molar-refractivity contribution in [2.24, 2.45) is 0 Å². The smallest absolute Gasteiger partial charge is 0.309 e. The molecule has 0 atom stereocenters. The number of hydrogen-bond acceptors (Lipinski definition) is 4. The number of hydrogen-bond donors (Lipinski definition) is 1. The molecular formula is C15H13NO3S. The van der Waals surface area contributed by atoms with Crippen molar-refractivity contribution in [3.8, 4) is 22.9 Å². The number of carboxylic acids is 1. The van der Waals surface area contributed by atoms with Gasteiger partial charge in [-0.2, -0.15) is 0 Å². The summed E-state index contributed by atoms with van der Waals surface area (Å²) in [5.41, 5.74) is 2.58. The molecule has 1 aromatic heterocycles. The summed E-state index contributed by atoms with van der Waals surface area (Å²) in [5, 5.41) is 11.3. The van der Waals surface area contributed by atoms with Gasteiger partial charge in [-0.3, -0.25) is 4.79 Å². The maximum absolute atomic E-state index is 10.6. The molecule has 0 spiro atoms. The first-order valence-electron chi connectivity index (χ1n) is 5.96. The second-order valence-electron chi connectivity index (χ2n) is 4.11. The molecule has 0 aliphatic carbocycles. The van der Waals surface area contributed by atoms with Crippen molar-refractivity contribution < 1.29 is 14.6 Å². The Kier molecular flexibility index (Phi) is 4.88. The lowest BCUT2D eigenvalue weighted by atomic mass is 10.1. The fourth-order valence-corrected chi connectivity index (χ4v) is 2.47. The van der Waals surface area contributed by atoms with Crippen LogP contribution in [0.15, 0.2) is 29.6 Å². The van der Waals surface area contributed by atoms with Gasteiger partial charge in [-0.05, 0) is 5.56 Å². The molecule has 0 saturated heterocycles. The summed E-state index contributed by atoms with van der Waals surface area (Å²) in [5.74, 6) is 1.54. The molecule has 1 aromatic carbocycles. The molecule has 0 saturated carbocycles. The normalized spacial score (nSPS) is 10.2. The monoisotopic (exact) mass is 287 g/mol. The fraction of sp³-hybridized carbons (Fsp3) is 0.200. The van der Waals surface area contributed by atoms with E-state index in [0.717, 1.165) is 16.1 Å². The van der Waals surface area contributed by atoms with E-state index in [1.165, 1.54) is 11.3 Å². The molecule has 0 unspecified atom stereocenters. The van der Waals surface area contributed by atoms with Crippen LogP contribution in [0.1, 0.15) is 11.3 Å². The Bertz CT molecular complexity index is 625. The number of ether oxygens (including phenoxy) is 1. The van der Waals surface area contributed by atoms with Gasteiger partial charge in [0, 0.05) is 10.9 Å². The standard InChI is InChI=1S/C15H13NO3S/c1-2-7-19-9-11-3-5-12(6-4-11)15-16-13(10-20-15)8-14(17)18/h1,3-6,10H,7-9H2,(H,17,18). The van der Waals surface area contributed by atoms with E-state index in [2.05, 4.69) is 10.9 Å². The first-order chi connectivity index (χ1) is 9.69. The summed E-state index contributed by atoms with van der Waals surface area (Å²) < 4.78 is 5.25. The number of nitrogens with zero attached hydrogens (tertiary/aromatic N) is 1. The number of terminal acetylenes is 1. The maximum atomic E-state index is 10.6. The minimum absolute atomic E-state index is 0.0471. The van der Waals surface area contributed by atoms with Gasteiger partial charge in [-0.15, -0.1) is 17.8 Å². The maximum Gasteiger partial charge on any atom is 0.309 e. The van der Waals surface area contributed by atoms with Gasteiger partial charge >= 0.3 is 5.97 Å². The van der Waals surface area contributed by atoms with Gasteiger partial charge in [0.2, 0.25) is 0 Å². The molecule has 20 heavy (non-hydrogen) atoms. The van der Waals surface area contributed by atoms with Crippen LogP contribution in [-0.4, -0.2) is 22.7 Å². The average Bonchev–Trinajstić information content (AvgIpc) is 2.87. The number of thiazole rings is 1. The second kappa shape index (κ2) is 6.85. The van der Waals surface area contributed by atoms with Gasteiger partial charge in [-0.1, -0.05) is 30.2 Å². The van der Waals surface area contributed by atoms with Crippen LogP contribution in [0, 0.1) is 12.3 Å². The molecular weight excluding hydrogens is 274 g/mol. The molecule has 0 aliphatic rings. The van der Waals surface area contributed by atoms with Gasteiger partial charge in [0.25, 0.3) is 0 Å². The van der Waals surface area contributed by atoms with E-state index in [9.17, 15) is 4.79 Å². The van der Waals surface area contributed by atoms with Crippen molar-refractivity contribution >= 4 is 17.3 Å². The number of aliphatic carboxylic acids is 1. The third-order valence-electron chi connectivity index (χ3n) is 2.54. The van der Waals surface area contributed by atoms with Crippen LogP contribution < -0.4 is 0 Å². The van der Waals surface area contributed by atoms with Crippen molar-refractivity contribution in [3.05, 3.63) is 40.9 Å². The Morgan fingerprint density at radius 3 is 2.80 bits per heavy atom. The summed E-state index contributed by atoms with van der Waals surface area (Å²) in [6, 6.07) is 7.78. The first kappa shape index (κ1) is 14.3. The molecule has 0 aliphatic heterocycles. The zero-order valence-electron chi connectivity index (χ0n) is 10.7. The Balaban J connectivity index is 2.04. The molecule has 102 valence electrons. The molecule has 0 bridgehead atoms. The van der Waals surface area contributed by atoms with Crippen LogP contribution in [0.25, 0.3) is 10.6 Å². The largest absolute Gasteiger partial charge is 0.481 e. The lowest BCUT2D eigenvalue weighted by Gasteiger charge is -2.02. The van der Waals surface area contributed by atoms with Gasteiger partial charge in [0.1, 0.15) is 11.6 Å². The van der Waals surface area contributed by atoms with Gasteiger partial charge in [0.15, 0.2) is 0 Å². The summed E-state index contributed by atoms with van der Waals surface area (Å²) in [6.07, 6.45) is 5.06. The van der Waals surface area contributed by atoms with E-state index in [-0.39, 0.29) is 6.42 Å². The van der Waals surface area contributed by atoms with Crippen molar-refractivity contribution in [2.45, 2.75) is 13.0 Å². The van der Waals surface area contributed by atoms with Crippen molar-refractivity contribution in [3.63, 3.8) is 0 Å². The molecule has 0 amide bonds. The van der Waals surface area contributed by atoms with Crippen LogP contribution in [0.3, 0.4) is 0 Å². The Labute approximate surface area is 121 Å². The van der Waals surface area contributed by atoms with Crippen molar-refractivity contribution in [1.29, 1.82) is 0 Å². The van der Waals surface area contributed by atoms with Crippen LogP contribution in [0.4, 0.5) is 0 Å². The summed E-state index contributed by atoms with van der Waals surface area (Å²) in [6.45, 7) is 0.777. The molecule has 5 heteroatoms. The molecule has 2 rings (SSSR count). The highest BCUT2D eigenvalue weighted by Crippen LogP contribution is 2.24. The van der Waals surface area contributed by atoms with E-state index in [4.69, 9.17) is 16.3 Å². The highest BCUT2D eigenvalue weighted by Gasteiger charge is 2.07. The highest BCUT2D eigenvalue weighted by molar-refractivity contribution is 7.13. The van der Waals surface area contributed by atoms with Crippen LogP contribution in [-0.2, 0) is 22.6 Å². The van der Waals surface area contributed by atoms with Gasteiger partial charge in [0.05, 0.1) is 18.7 Å². The lowest BCUT2D eigenvalue weighted by Crippen LogP contribution is -1.99. The topological polar surface area (TPSA) is 59.4 Å².